The van der Waals surface area contributed by atoms with Crippen LogP contribution in [0.25, 0.3) is 11.3 Å². The van der Waals surface area contributed by atoms with E-state index >= 15 is 0 Å². The van der Waals surface area contributed by atoms with Crippen molar-refractivity contribution in [3.8, 4) is 11.3 Å². The van der Waals surface area contributed by atoms with E-state index in [1.54, 1.807) is 36.5 Å². The van der Waals surface area contributed by atoms with Gasteiger partial charge in [-0.1, -0.05) is 12.1 Å². The molecule has 1 aromatic heterocycles. The molecule has 0 aliphatic heterocycles. The van der Waals surface area contributed by atoms with Gasteiger partial charge in [0.1, 0.15) is 5.82 Å². The van der Waals surface area contributed by atoms with Crippen molar-refractivity contribution in [3.63, 3.8) is 0 Å². The van der Waals surface area contributed by atoms with Crippen molar-refractivity contribution in [2.24, 2.45) is 5.73 Å². The highest BCUT2D eigenvalue weighted by molar-refractivity contribution is 5.92. The van der Waals surface area contributed by atoms with E-state index in [9.17, 15) is 14.0 Å². The second kappa shape index (κ2) is 8.94. The molecule has 6 nitrogen and oxygen atoms in total. The molecule has 0 fully saturated rings. The van der Waals surface area contributed by atoms with Crippen LogP contribution in [0.1, 0.15) is 28.2 Å². The number of nitrogens with zero attached hydrogens (tertiary/aromatic N) is 1. The van der Waals surface area contributed by atoms with Gasteiger partial charge in [-0.15, -0.1) is 0 Å². The molecule has 3 N–H and O–H groups in total. The number of nitrogens with one attached hydrogen (secondary N) is 1. The predicted octanol–water partition coefficient (Wildman–Crippen LogP) is 2.87. The van der Waals surface area contributed by atoms with Gasteiger partial charge in [0.25, 0.3) is 0 Å². The summed E-state index contributed by atoms with van der Waals surface area (Å²) in [6.07, 6.45) is 2.77. The van der Waals surface area contributed by atoms with E-state index in [1.807, 2.05) is 6.07 Å². The standard InChI is InChI=1S/C21H20FN3O3/c22-17-6-4-15(5-7-17)18-13-25-20(28-18)9-8-19(26)24-11-10-14-2-1-3-16(12-14)21(23)27/h1-7,12-13H,8-11H2,(H2,23,27)(H,24,26). The van der Waals surface area contributed by atoms with Crippen molar-refractivity contribution >= 4 is 11.8 Å². The summed E-state index contributed by atoms with van der Waals surface area (Å²) in [5.74, 6) is 0.0688. The van der Waals surface area contributed by atoms with E-state index in [2.05, 4.69) is 10.3 Å². The fourth-order valence-corrected chi connectivity index (χ4v) is 2.71. The second-order valence-electron chi connectivity index (χ2n) is 6.29. The Bertz CT molecular complexity index is 967. The van der Waals surface area contributed by atoms with E-state index in [0.717, 1.165) is 11.1 Å². The lowest BCUT2D eigenvalue weighted by molar-refractivity contribution is -0.121. The number of aromatic nitrogens is 1. The second-order valence-corrected chi connectivity index (χ2v) is 6.29. The third-order valence-electron chi connectivity index (χ3n) is 4.20. The number of carbonyl (C=O) groups is 2. The topological polar surface area (TPSA) is 98.2 Å². The number of aryl methyl sites for hydroxylation is 1. The fourth-order valence-electron chi connectivity index (χ4n) is 2.71. The maximum Gasteiger partial charge on any atom is 0.248 e. The number of rotatable bonds is 8. The number of nitrogens with two attached hydrogens (primary N) is 1. The summed E-state index contributed by atoms with van der Waals surface area (Å²) in [4.78, 5) is 27.3. The van der Waals surface area contributed by atoms with Gasteiger partial charge in [0.2, 0.25) is 11.8 Å². The van der Waals surface area contributed by atoms with E-state index in [-0.39, 0.29) is 18.1 Å². The molecule has 144 valence electrons. The van der Waals surface area contributed by atoms with Crippen LogP contribution in [0.5, 0.6) is 0 Å². The van der Waals surface area contributed by atoms with Gasteiger partial charge in [-0.05, 0) is 48.4 Å². The summed E-state index contributed by atoms with van der Waals surface area (Å²) < 4.78 is 18.6. The lowest BCUT2D eigenvalue weighted by atomic mass is 10.1. The zero-order valence-corrected chi connectivity index (χ0v) is 15.2. The molecule has 2 amide bonds. The molecule has 0 bridgehead atoms. The van der Waals surface area contributed by atoms with Gasteiger partial charge in [0.05, 0.1) is 6.20 Å². The van der Waals surface area contributed by atoms with Crippen molar-refractivity contribution in [1.29, 1.82) is 0 Å². The van der Waals surface area contributed by atoms with Crippen molar-refractivity contribution in [2.75, 3.05) is 6.54 Å². The third-order valence-corrected chi connectivity index (χ3v) is 4.20. The average Bonchev–Trinajstić information content (AvgIpc) is 3.16. The number of oxazole rings is 1. The molecule has 0 unspecified atom stereocenters. The minimum atomic E-state index is -0.475. The average molecular weight is 381 g/mol. The zero-order valence-electron chi connectivity index (χ0n) is 15.2. The van der Waals surface area contributed by atoms with E-state index in [1.165, 1.54) is 12.1 Å². The highest BCUT2D eigenvalue weighted by Gasteiger charge is 2.09. The lowest BCUT2D eigenvalue weighted by Crippen LogP contribution is -2.26. The number of primary amides is 1. The van der Waals surface area contributed by atoms with Crippen molar-refractivity contribution in [3.05, 3.63) is 77.6 Å². The smallest absolute Gasteiger partial charge is 0.248 e. The number of benzene rings is 2. The summed E-state index contributed by atoms with van der Waals surface area (Å²) in [6, 6.07) is 12.9. The Labute approximate surface area is 161 Å². The van der Waals surface area contributed by atoms with Crippen LogP contribution < -0.4 is 11.1 Å². The Kier molecular flexibility index (Phi) is 6.16. The highest BCUT2D eigenvalue weighted by Crippen LogP contribution is 2.21. The van der Waals surface area contributed by atoms with Crippen molar-refractivity contribution < 1.29 is 18.4 Å². The van der Waals surface area contributed by atoms with E-state index < -0.39 is 5.91 Å². The number of hydrogen-bond acceptors (Lipinski definition) is 4. The number of amides is 2. The van der Waals surface area contributed by atoms with Crippen LogP contribution in [-0.4, -0.2) is 23.3 Å². The Morgan fingerprint density at radius 1 is 1.11 bits per heavy atom. The minimum Gasteiger partial charge on any atom is -0.441 e. The molecule has 0 radical (unpaired) electrons. The summed E-state index contributed by atoms with van der Waals surface area (Å²) >= 11 is 0. The summed E-state index contributed by atoms with van der Waals surface area (Å²) in [5.41, 5.74) is 7.36. The molecule has 0 atom stereocenters. The monoisotopic (exact) mass is 381 g/mol. The summed E-state index contributed by atoms with van der Waals surface area (Å²) in [5, 5.41) is 2.83. The molecule has 0 saturated heterocycles. The first-order chi connectivity index (χ1) is 13.5. The van der Waals surface area contributed by atoms with Crippen LogP contribution >= 0.6 is 0 Å². The van der Waals surface area contributed by atoms with Crippen molar-refractivity contribution in [1.82, 2.24) is 10.3 Å². The van der Waals surface area contributed by atoms with E-state index in [4.69, 9.17) is 10.2 Å². The van der Waals surface area contributed by atoms with Crippen LogP contribution in [0, 0.1) is 5.82 Å². The van der Waals surface area contributed by atoms with Gasteiger partial charge in [0, 0.05) is 30.5 Å². The summed E-state index contributed by atoms with van der Waals surface area (Å²) in [6.45, 7) is 0.452. The first-order valence-corrected chi connectivity index (χ1v) is 8.87. The largest absolute Gasteiger partial charge is 0.441 e. The highest BCUT2D eigenvalue weighted by atomic mass is 19.1. The van der Waals surface area contributed by atoms with Gasteiger partial charge in [-0.3, -0.25) is 9.59 Å². The van der Waals surface area contributed by atoms with Crippen LogP contribution in [0.3, 0.4) is 0 Å². The molecule has 0 saturated carbocycles. The van der Waals surface area contributed by atoms with Crippen LogP contribution in [0.4, 0.5) is 4.39 Å². The molecule has 1 heterocycles. The molecule has 0 aliphatic carbocycles. The number of hydrogen-bond donors (Lipinski definition) is 2. The Hall–Kier alpha value is -3.48. The van der Waals surface area contributed by atoms with Crippen LogP contribution in [0.15, 0.2) is 59.1 Å². The Balaban J connectivity index is 1.44. The molecule has 7 heteroatoms. The molecule has 0 aliphatic rings. The molecule has 3 rings (SSSR count). The molecule has 0 spiro atoms. The minimum absolute atomic E-state index is 0.118. The first-order valence-electron chi connectivity index (χ1n) is 8.87. The number of halogens is 1. The predicted molar refractivity (Wildman–Crippen MR) is 102 cm³/mol. The molecule has 3 aromatic rings. The molecule has 2 aromatic carbocycles. The van der Waals surface area contributed by atoms with Crippen LogP contribution in [0.2, 0.25) is 0 Å². The lowest BCUT2D eigenvalue weighted by Gasteiger charge is -2.05. The fraction of sp³-hybridized carbons (Fsp3) is 0.190. The Morgan fingerprint density at radius 3 is 2.64 bits per heavy atom. The van der Waals surface area contributed by atoms with E-state index in [0.29, 0.717) is 36.6 Å². The first kappa shape index (κ1) is 19.3. The molecular formula is C21H20FN3O3. The van der Waals surface area contributed by atoms with Gasteiger partial charge in [-0.2, -0.15) is 0 Å². The van der Waals surface area contributed by atoms with Gasteiger partial charge < -0.3 is 15.5 Å². The SMILES string of the molecule is NC(=O)c1cccc(CCNC(=O)CCc2ncc(-c3ccc(F)cc3)o2)c1. The third kappa shape index (κ3) is 5.26. The van der Waals surface area contributed by atoms with Gasteiger partial charge in [0.15, 0.2) is 11.7 Å². The molecular weight excluding hydrogens is 361 g/mol. The summed E-state index contributed by atoms with van der Waals surface area (Å²) in [7, 11) is 0. The number of carbonyl (C=O) groups excluding carboxylic acids is 2. The Morgan fingerprint density at radius 2 is 1.89 bits per heavy atom. The van der Waals surface area contributed by atoms with Gasteiger partial charge >= 0.3 is 0 Å². The van der Waals surface area contributed by atoms with Crippen molar-refractivity contribution in [2.45, 2.75) is 19.3 Å². The van der Waals surface area contributed by atoms with Crippen LogP contribution in [-0.2, 0) is 17.6 Å². The maximum atomic E-state index is 13.0. The molecule has 28 heavy (non-hydrogen) atoms. The normalized spacial score (nSPS) is 10.6. The quantitative estimate of drug-likeness (QED) is 0.627. The van der Waals surface area contributed by atoms with Gasteiger partial charge in [-0.25, -0.2) is 9.37 Å². The maximum absolute atomic E-state index is 13.0. The zero-order chi connectivity index (χ0) is 19.9.